The molecule has 1 aromatic carbocycles. The second kappa shape index (κ2) is 6.13. The van der Waals surface area contributed by atoms with Crippen molar-refractivity contribution in [3.8, 4) is 11.5 Å². The number of amides is 1. The molecule has 102 valence electrons. The Hall–Kier alpha value is -2.17. The zero-order chi connectivity index (χ0) is 13.7. The van der Waals surface area contributed by atoms with Crippen LogP contribution in [0.1, 0.15) is 20.3 Å². The molecule has 1 amide bonds. The van der Waals surface area contributed by atoms with Crippen molar-refractivity contribution in [3.63, 3.8) is 0 Å². The minimum atomic E-state index is -0.641. The molecule has 0 bridgehead atoms. The maximum atomic E-state index is 11.9. The lowest BCUT2D eigenvalue weighted by Gasteiger charge is -2.25. The van der Waals surface area contributed by atoms with Gasteiger partial charge in [0.25, 0.3) is 5.91 Å². The van der Waals surface area contributed by atoms with E-state index >= 15 is 0 Å². The van der Waals surface area contributed by atoms with Crippen molar-refractivity contribution in [2.75, 3.05) is 6.61 Å². The third kappa shape index (κ3) is 3.19. The van der Waals surface area contributed by atoms with Gasteiger partial charge < -0.3 is 14.9 Å². The molecule has 0 saturated heterocycles. The largest absolute Gasteiger partial charge is 0.485 e. The number of fused-ring (bicyclic) bond motifs is 1. The van der Waals surface area contributed by atoms with Crippen LogP contribution in [0.5, 0.6) is 11.5 Å². The van der Waals surface area contributed by atoms with Gasteiger partial charge in [-0.25, -0.2) is 0 Å². The lowest BCUT2D eigenvalue weighted by Crippen LogP contribution is -2.48. The normalized spacial score (nSPS) is 17.8. The minimum Gasteiger partial charge on any atom is -0.485 e. The van der Waals surface area contributed by atoms with Crippen molar-refractivity contribution < 1.29 is 14.3 Å². The van der Waals surface area contributed by atoms with Gasteiger partial charge in [-0.3, -0.25) is 10.2 Å². The quantitative estimate of drug-likeness (QED) is 0.812. The van der Waals surface area contributed by atoms with Gasteiger partial charge in [0.05, 0.1) is 0 Å². The molecule has 0 aromatic heterocycles. The Kier molecular flexibility index (Phi) is 4.28. The summed E-state index contributed by atoms with van der Waals surface area (Å²) in [5.41, 5.74) is 6.44. The van der Waals surface area contributed by atoms with Crippen molar-refractivity contribution in [2.24, 2.45) is 0 Å². The van der Waals surface area contributed by atoms with Crippen LogP contribution in [0.2, 0.25) is 0 Å². The van der Waals surface area contributed by atoms with Crippen LogP contribution >= 0.6 is 0 Å². The van der Waals surface area contributed by atoms with Gasteiger partial charge in [0.1, 0.15) is 6.61 Å². The molecule has 0 radical (unpaired) electrons. The maximum absolute atomic E-state index is 11.9. The molecule has 1 aliphatic rings. The van der Waals surface area contributed by atoms with Gasteiger partial charge in [-0.15, -0.1) is 0 Å². The molecular weight excluding hydrogens is 244 g/mol. The SMILES string of the molecule is C/C=C(/CC)NNC(=O)[C@H]1COc2ccccc2O1. The number of benzene rings is 1. The standard InChI is InChI=1S/C14H18N2O3/c1-3-10(4-2)15-16-14(17)13-9-18-11-7-5-6-8-12(11)19-13/h3,5-8,13,15H,4,9H2,1-2H3,(H,16,17)/b10-3-/t13-/m1/s1. The van der Waals surface area contributed by atoms with E-state index < -0.39 is 6.10 Å². The number of carbonyl (C=O) groups excluding carboxylic acids is 1. The fraction of sp³-hybridized carbons (Fsp3) is 0.357. The number of allylic oxidation sites excluding steroid dienone is 2. The highest BCUT2D eigenvalue weighted by Crippen LogP contribution is 2.30. The molecular formula is C14H18N2O3. The van der Waals surface area contributed by atoms with Crippen LogP contribution < -0.4 is 20.3 Å². The van der Waals surface area contributed by atoms with Gasteiger partial charge in [0, 0.05) is 5.70 Å². The number of hydrogen-bond acceptors (Lipinski definition) is 4. The molecule has 1 heterocycles. The summed E-state index contributed by atoms with van der Waals surface area (Å²) in [7, 11) is 0. The Morgan fingerprint density at radius 3 is 2.79 bits per heavy atom. The van der Waals surface area contributed by atoms with Crippen LogP contribution in [-0.4, -0.2) is 18.6 Å². The van der Waals surface area contributed by atoms with E-state index in [1.165, 1.54) is 0 Å². The van der Waals surface area contributed by atoms with Gasteiger partial charge in [0.15, 0.2) is 11.5 Å². The van der Waals surface area contributed by atoms with Crippen molar-refractivity contribution >= 4 is 5.91 Å². The van der Waals surface area contributed by atoms with Crippen molar-refractivity contribution in [1.29, 1.82) is 0 Å². The first kappa shape index (κ1) is 13.3. The average molecular weight is 262 g/mol. The van der Waals surface area contributed by atoms with Crippen molar-refractivity contribution in [3.05, 3.63) is 36.0 Å². The average Bonchev–Trinajstić information content (AvgIpc) is 2.47. The topological polar surface area (TPSA) is 59.6 Å². The second-order valence-electron chi connectivity index (χ2n) is 4.15. The number of carbonyl (C=O) groups is 1. The fourth-order valence-electron chi connectivity index (χ4n) is 1.74. The van der Waals surface area contributed by atoms with Crippen LogP contribution in [0.4, 0.5) is 0 Å². The highest BCUT2D eigenvalue weighted by molar-refractivity contribution is 5.81. The summed E-state index contributed by atoms with van der Waals surface area (Å²) in [4.78, 5) is 11.9. The molecule has 0 aliphatic carbocycles. The van der Waals surface area contributed by atoms with Crippen LogP contribution in [0.25, 0.3) is 0 Å². The molecule has 5 nitrogen and oxygen atoms in total. The number of hydrogen-bond donors (Lipinski definition) is 2. The number of nitrogens with one attached hydrogen (secondary N) is 2. The first-order valence-corrected chi connectivity index (χ1v) is 6.34. The van der Waals surface area contributed by atoms with E-state index in [1.807, 2.05) is 38.1 Å². The first-order chi connectivity index (χ1) is 9.24. The maximum Gasteiger partial charge on any atom is 0.282 e. The molecule has 1 atom stereocenters. The van der Waals surface area contributed by atoms with E-state index in [-0.39, 0.29) is 12.5 Å². The summed E-state index contributed by atoms with van der Waals surface area (Å²) in [5.74, 6) is 1.01. The van der Waals surface area contributed by atoms with Gasteiger partial charge in [-0.1, -0.05) is 25.1 Å². The Morgan fingerprint density at radius 2 is 2.11 bits per heavy atom. The molecule has 0 unspecified atom stereocenters. The van der Waals surface area contributed by atoms with Gasteiger partial charge in [-0.2, -0.15) is 0 Å². The summed E-state index contributed by atoms with van der Waals surface area (Å²) >= 11 is 0. The third-order valence-corrected chi connectivity index (χ3v) is 2.88. The minimum absolute atomic E-state index is 0.210. The lowest BCUT2D eigenvalue weighted by atomic mass is 10.2. The third-order valence-electron chi connectivity index (χ3n) is 2.88. The zero-order valence-corrected chi connectivity index (χ0v) is 11.1. The highest BCUT2D eigenvalue weighted by atomic mass is 16.6. The summed E-state index contributed by atoms with van der Waals surface area (Å²) in [6.45, 7) is 4.13. The van der Waals surface area contributed by atoms with Crippen LogP contribution in [0.15, 0.2) is 36.0 Å². The van der Waals surface area contributed by atoms with Gasteiger partial charge in [-0.05, 0) is 25.5 Å². The van der Waals surface area contributed by atoms with E-state index in [4.69, 9.17) is 9.47 Å². The molecule has 19 heavy (non-hydrogen) atoms. The zero-order valence-electron chi connectivity index (χ0n) is 11.1. The monoisotopic (exact) mass is 262 g/mol. The number of rotatable bonds is 4. The molecule has 0 spiro atoms. The Labute approximate surface area is 112 Å². The predicted octanol–water partition coefficient (Wildman–Crippen LogP) is 1.76. The lowest BCUT2D eigenvalue weighted by molar-refractivity contribution is -0.131. The molecule has 0 saturated carbocycles. The molecule has 1 aliphatic heterocycles. The van der Waals surface area contributed by atoms with Crippen LogP contribution in [0.3, 0.4) is 0 Å². The molecule has 2 rings (SSSR count). The predicted molar refractivity (Wildman–Crippen MR) is 71.7 cm³/mol. The summed E-state index contributed by atoms with van der Waals surface area (Å²) in [5, 5.41) is 0. The fourth-order valence-corrected chi connectivity index (χ4v) is 1.74. The van der Waals surface area contributed by atoms with Gasteiger partial charge >= 0.3 is 0 Å². The van der Waals surface area contributed by atoms with E-state index in [0.717, 1.165) is 12.1 Å². The summed E-state index contributed by atoms with van der Waals surface area (Å²) in [6.07, 6.45) is 2.09. The van der Waals surface area contributed by atoms with E-state index in [0.29, 0.717) is 11.5 Å². The number of ether oxygens (including phenoxy) is 2. The van der Waals surface area contributed by atoms with Crippen molar-refractivity contribution in [2.45, 2.75) is 26.4 Å². The molecule has 1 aromatic rings. The van der Waals surface area contributed by atoms with E-state index in [2.05, 4.69) is 10.9 Å². The van der Waals surface area contributed by atoms with Crippen LogP contribution in [-0.2, 0) is 4.79 Å². The van der Waals surface area contributed by atoms with E-state index in [9.17, 15) is 4.79 Å². The number of hydrazine groups is 1. The Bertz CT molecular complexity index is 485. The van der Waals surface area contributed by atoms with Crippen molar-refractivity contribution in [1.82, 2.24) is 10.9 Å². The molecule has 0 fully saturated rings. The van der Waals surface area contributed by atoms with Crippen LogP contribution in [0, 0.1) is 0 Å². The first-order valence-electron chi connectivity index (χ1n) is 6.34. The summed E-state index contributed by atoms with van der Waals surface area (Å²) < 4.78 is 11.1. The summed E-state index contributed by atoms with van der Waals surface area (Å²) in [6, 6.07) is 7.31. The Balaban J connectivity index is 1.92. The Morgan fingerprint density at radius 1 is 1.37 bits per heavy atom. The molecule has 2 N–H and O–H groups in total. The second-order valence-corrected chi connectivity index (χ2v) is 4.15. The molecule has 5 heteroatoms. The number of para-hydroxylation sites is 2. The highest BCUT2D eigenvalue weighted by Gasteiger charge is 2.27. The smallest absolute Gasteiger partial charge is 0.282 e. The van der Waals surface area contributed by atoms with Gasteiger partial charge in [0.2, 0.25) is 6.10 Å². The van der Waals surface area contributed by atoms with E-state index in [1.54, 1.807) is 6.07 Å².